The summed E-state index contributed by atoms with van der Waals surface area (Å²) in [6, 6.07) is 11.0. The smallest absolute Gasteiger partial charge is 0.225 e. The van der Waals surface area contributed by atoms with Crippen molar-refractivity contribution in [2.75, 3.05) is 18.0 Å². The van der Waals surface area contributed by atoms with E-state index in [-0.39, 0.29) is 17.9 Å². The minimum Gasteiger partial charge on any atom is -0.354 e. The fourth-order valence-corrected chi connectivity index (χ4v) is 3.27. The van der Waals surface area contributed by atoms with Crippen LogP contribution in [0.5, 0.6) is 0 Å². The average molecular weight is 379 g/mol. The van der Waals surface area contributed by atoms with Gasteiger partial charge in [-0.3, -0.25) is 4.79 Å². The van der Waals surface area contributed by atoms with Crippen molar-refractivity contribution in [3.63, 3.8) is 0 Å². The molecule has 25 heavy (non-hydrogen) atoms. The summed E-state index contributed by atoms with van der Waals surface area (Å²) in [4.78, 5) is 14.7. The van der Waals surface area contributed by atoms with Crippen LogP contribution in [0.1, 0.15) is 31.4 Å². The number of piperidine rings is 1. The molecule has 1 fully saturated rings. The number of halogens is 2. The Labute approximate surface area is 157 Å². The molecule has 1 aliphatic rings. The fraction of sp³-hybridized carbons (Fsp3) is 0.389. The Morgan fingerprint density at radius 3 is 2.64 bits per heavy atom. The first-order valence-corrected chi connectivity index (χ1v) is 9.08. The maximum absolute atomic E-state index is 12.7. The second kappa shape index (κ2) is 8.02. The van der Waals surface area contributed by atoms with Gasteiger partial charge < -0.3 is 10.2 Å². The standard InChI is InChI=1S/C18H20Cl2N4O/c1-12(13-4-6-15(19)7-5-13)21-18(25)14-3-2-10-24(11-14)17-9-8-16(20)22-23-17/h4-9,12,14H,2-3,10-11H2,1H3,(H,21,25)/t12-,14+/m0/s1. The highest BCUT2D eigenvalue weighted by Crippen LogP contribution is 2.23. The summed E-state index contributed by atoms with van der Waals surface area (Å²) in [5.41, 5.74) is 1.04. The van der Waals surface area contributed by atoms with Gasteiger partial charge in [-0.1, -0.05) is 35.3 Å². The van der Waals surface area contributed by atoms with Crippen LogP contribution in [0.4, 0.5) is 5.82 Å². The molecule has 1 amide bonds. The van der Waals surface area contributed by atoms with E-state index in [1.807, 2.05) is 37.3 Å². The number of amides is 1. The molecule has 0 unspecified atom stereocenters. The number of carbonyl (C=O) groups is 1. The van der Waals surface area contributed by atoms with E-state index in [2.05, 4.69) is 20.4 Å². The molecule has 132 valence electrons. The SMILES string of the molecule is C[C@H](NC(=O)[C@@H]1CCCN(c2ccc(Cl)nn2)C1)c1ccc(Cl)cc1. The molecule has 0 bridgehead atoms. The van der Waals surface area contributed by atoms with Crippen LogP contribution in [0.2, 0.25) is 10.2 Å². The molecule has 0 aliphatic carbocycles. The summed E-state index contributed by atoms with van der Waals surface area (Å²) in [7, 11) is 0. The topological polar surface area (TPSA) is 58.1 Å². The van der Waals surface area contributed by atoms with Gasteiger partial charge in [-0.15, -0.1) is 10.2 Å². The number of nitrogens with one attached hydrogen (secondary N) is 1. The number of anilines is 1. The first-order chi connectivity index (χ1) is 12.0. The largest absolute Gasteiger partial charge is 0.354 e. The molecule has 0 radical (unpaired) electrons. The summed E-state index contributed by atoms with van der Waals surface area (Å²) in [5, 5.41) is 12.2. The molecule has 5 nitrogen and oxygen atoms in total. The van der Waals surface area contributed by atoms with Crippen molar-refractivity contribution in [2.45, 2.75) is 25.8 Å². The summed E-state index contributed by atoms with van der Waals surface area (Å²) < 4.78 is 0. The number of hydrogen-bond donors (Lipinski definition) is 1. The van der Waals surface area contributed by atoms with Gasteiger partial charge in [0, 0.05) is 18.1 Å². The van der Waals surface area contributed by atoms with Gasteiger partial charge >= 0.3 is 0 Å². The third kappa shape index (κ3) is 4.61. The van der Waals surface area contributed by atoms with Crippen LogP contribution in [0.25, 0.3) is 0 Å². The molecule has 2 aromatic rings. The fourth-order valence-electron chi connectivity index (χ4n) is 3.04. The predicted molar refractivity (Wildman–Crippen MR) is 100.0 cm³/mol. The van der Waals surface area contributed by atoms with Crippen LogP contribution in [0, 0.1) is 5.92 Å². The van der Waals surface area contributed by atoms with E-state index in [9.17, 15) is 4.79 Å². The lowest BCUT2D eigenvalue weighted by Crippen LogP contribution is -2.44. The van der Waals surface area contributed by atoms with E-state index in [0.717, 1.165) is 30.8 Å². The second-order valence-electron chi connectivity index (χ2n) is 6.28. The normalized spacial score (nSPS) is 18.7. The third-order valence-corrected chi connectivity index (χ3v) is 4.92. The molecule has 1 aromatic carbocycles. The summed E-state index contributed by atoms with van der Waals surface area (Å²) in [6.45, 7) is 3.48. The van der Waals surface area contributed by atoms with Gasteiger partial charge in [-0.2, -0.15) is 0 Å². The molecule has 1 aromatic heterocycles. The molecule has 2 heterocycles. The van der Waals surface area contributed by atoms with Crippen LogP contribution in [-0.4, -0.2) is 29.2 Å². The Morgan fingerprint density at radius 2 is 1.96 bits per heavy atom. The maximum Gasteiger partial charge on any atom is 0.225 e. The number of rotatable bonds is 4. The first kappa shape index (κ1) is 18.0. The molecule has 0 spiro atoms. The van der Waals surface area contributed by atoms with Crippen LogP contribution >= 0.6 is 23.2 Å². The highest BCUT2D eigenvalue weighted by molar-refractivity contribution is 6.30. The van der Waals surface area contributed by atoms with Crippen molar-refractivity contribution in [3.05, 3.63) is 52.1 Å². The lowest BCUT2D eigenvalue weighted by atomic mass is 9.96. The molecule has 1 N–H and O–H groups in total. The number of carbonyl (C=O) groups excluding carboxylic acids is 1. The molecular formula is C18H20Cl2N4O. The Morgan fingerprint density at radius 1 is 1.20 bits per heavy atom. The Balaban J connectivity index is 1.61. The van der Waals surface area contributed by atoms with Crippen LogP contribution in [-0.2, 0) is 4.79 Å². The lowest BCUT2D eigenvalue weighted by Gasteiger charge is -2.33. The maximum atomic E-state index is 12.7. The van der Waals surface area contributed by atoms with Crippen LogP contribution in [0.15, 0.2) is 36.4 Å². The first-order valence-electron chi connectivity index (χ1n) is 8.33. The highest BCUT2D eigenvalue weighted by atomic mass is 35.5. The predicted octanol–water partition coefficient (Wildman–Crippen LogP) is 3.88. The van der Waals surface area contributed by atoms with Crippen LogP contribution < -0.4 is 10.2 Å². The van der Waals surface area contributed by atoms with E-state index in [1.54, 1.807) is 6.07 Å². The van der Waals surface area contributed by atoms with E-state index < -0.39 is 0 Å². The number of aromatic nitrogens is 2. The zero-order valence-corrected chi connectivity index (χ0v) is 15.5. The molecule has 2 atom stereocenters. The molecule has 1 saturated heterocycles. The van der Waals surface area contributed by atoms with Crippen molar-refractivity contribution in [1.82, 2.24) is 15.5 Å². The van der Waals surface area contributed by atoms with Crippen molar-refractivity contribution in [1.29, 1.82) is 0 Å². The number of nitrogens with zero attached hydrogens (tertiary/aromatic N) is 3. The van der Waals surface area contributed by atoms with Gasteiger partial charge in [0.05, 0.1) is 12.0 Å². The van der Waals surface area contributed by atoms with E-state index >= 15 is 0 Å². The minimum atomic E-state index is -0.0685. The van der Waals surface area contributed by atoms with Crippen molar-refractivity contribution >= 4 is 34.9 Å². The monoisotopic (exact) mass is 378 g/mol. The third-order valence-electron chi connectivity index (χ3n) is 4.46. The van der Waals surface area contributed by atoms with Gasteiger partial charge in [-0.25, -0.2) is 0 Å². The zero-order valence-electron chi connectivity index (χ0n) is 14.0. The summed E-state index contributed by atoms with van der Waals surface area (Å²) in [5.74, 6) is 0.753. The van der Waals surface area contributed by atoms with Gasteiger partial charge in [0.2, 0.25) is 5.91 Å². The van der Waals surface area contributed by atoms with Gasteiger partial charge in [-0.05, 0) is 49.6 Å². The quantitative estimate of drug-likeness (QED) is 0.876. The zero-order chi connectivity index (χ0) is 17.8. The highest BCUT2D eigenvalue weighted by Gasteiger charge is 2.27. The van der Waals surface area contributed by atoms with E-state index in [4.69, 9.17) is 23.2 Å². The van der Waals surface area contributed by atoms with Crippen molar-refractivity contribution < 1.29 is 4.79 Å². The van der Waals surface area contributed by atoms with E-state index in [1.165, 1.54) is 0 Å². The Hall–Kier alpha value is -1.85. The molecule has 3 rings (SSSR count). The Bertz CT molecular complexity index is 721. The van der Waals surface area contributed by atoms with Crippen molar-refractivity contribution in [3.8, 4) is 0 Å². The number of hydrogen-bond acceptors (Lipinski definition) is 4. The minimum absolute atomic E-state index is 0.0598. The number of benzene rings is 1. The second-order valence-corrected chi connectivity index (χ2v) is 7.10. The van der Waals surface area contributed by atoms with Crippen molar-refractivity contribution in [2.24, 2.45) is 5.92 Å². The van der Waals surface area contributed by atoms with E-state index in [0.29, 0.717) is 16.7 Å². The average Bonchev–Trinajstić information content (AvgIpc) is 2.63. The Kier molecular flexibility index (Phi) is 5.76. The van der Waals surface area contributed by atoms with Gasteiger partial charge in [0.15, 0.2) is 11.0 Å². The molecular weight excluding hydrogens is 359 g/mol. The van der Waals surface area contributed by atoms with Gasteiger partial charge in [0.1, 0.15) is 0 Å². The molecule has 1 aliphatic heterocycles. The summed E-state index contributed by atoms with van der Waals surface area (Å²) in [6.07, 6.45) is 1.81. The van der Waals surface area contributed by atoms with Gasteiger partial charge in [0.25, 0.3) is 0 Å². The van der Waals surface area contributed by atoms with Crippen LogP contribution in [0.3, 0.4) is 0 Å². The lowest BCUT2D eigenvalue weighted by molar-refractivity contribution is -0.125. The molecule has 0 saturated carbocycles. The molecule has 7 heteroatoms. The summed E-state index contributed by atoms with van der Waals surface area (Å²) >= 11 is 11.7.